The molecule has 0 bridgehead atoms. The van der Waals surface area contributed by atoms with E-state index in [1.54, 1.807) is 43.5 Å². The average Bonchev–Trinajstić information content (AvgIpc) is 3.24. The first-order valence-corrected chi connectivity index (χ1v) is 9.15. The first kappa shape index (κ1) is 19.0. The van der Waals surface area contributed by atoms with Crippen LogP contribution in [-0.4, -0.2) is 17.3 Å². The topological polar surface area (TPSA) is 57.4 Å². The quantitative estimate of drug-likeness (QED) is 0.403. The van der Waals surface area contributed by atoms with Gasteiger partial charge in [0.25, 0.3) is 5.89 Å². The highest BCUT2D eigenvalue weighted by atomic mass is 35.5. The van der Waals surface area contributed by atoms with Crippen LogP contribution in [0.5, 0.6) is 11.5 Å². The summed E-state index contributed by atoms with van der Waals surface area (Å²) >= 11 is 5.91. The molecule has 0 N–H and O–H groups in total. The van der Waals surface area contributed by atoms with Gasteiger partial charge in [0, 0.05) is 16.1 Å². The Hall–Kier alpha value is -3.38. The van der Waals surface area contributed by atoms with Crippen molar-refractivity contribution in [3.05, 3.63) is 83.1 Å². The summed E-state index contributed by atoms with van der Waals surface area (Å²) in [5.41, 5.74) is 2.35. The first-order chi connectivity index (χ1) is 14.1. The zero-order valence-corrected chi connectivity index (χ0v) is 16.2. The standard InChI is InChI=1S/C22H16ClFN2O3/c1-27-20-12-16(6-11-19(20)28-13-14-2-9-18(24)10-3-14)21-25-22(29-26-21)15-4-7-17(23)8-5-15/h2-12H,13H2,1H3. The molecule has 0 aliphatic rings. The predicted molar refractivity (Wildman–Crippen MR) is 107 cm³/mol. The summed E-state index contributed by atoms with van der Waals surface area (Å²) in [5, 5.41) is 4.67. The monoisotopic (exact) mass is 410 g/mol. The van der Waals surface area contributed by atoms with Crippen LogP contribution < -0.4 is 9.47 Å². The Labute approximate surface area is 171 Å². The van der Waals surface area contributed by atoms with E-state index in [-0.39, 0.29) is 5.82 Å². The lowest BCUT2D eigenvalue weighted by Crippen LogP contribution is -1.98. The second-order valence-corrected chi connectivity index (χ2v) is 6.65. The molecule has 29 heavy (non-hydrogen) atoms. The van der Waals surface area contributed by atoms with Crippen molar-refractivity contribution in [1.82, 2.24) is 10.1 Å². The second-order valence-electron chi connectivity index (χ2n) is 6.21. The third-order valence-corrected chi connectivity index (χ3v) is 4.50. The fourth-order valence-electron chi connectivity index (χ4n) is 2.72. The highest BCUT2D eigenvalue weighted by molar-refractivity contribution is 6.30. The molecule has 0 aliphatic heterocycles. The number of halogens is 2. The van der Waals surface area contributed by atoms with Crippen LogP contribution in [0.2, 0.25) is 5.02 Å². The minimum atomic E-state index is -0.284. The molecule has 4 aromatic rings. The fraction of sp³-hybridized carbons (Fsp3) is 0.0909. The van der Waals surface area contributed by atoms with Crippen molar-refractivity contribution in [2.45, 2.75) is 6.61 Å². The van der Waals surface area contributed by atoms with Gasteiger partial charge in [0.1, 0.15) is 12.4 Å². The normalized spacial score (nSPS) is 10.7. The van der Waals surface area contributed by atoms with E-state index in [1.807, 2.05) is 18.2 Å². The van der Waals surface area contributed by atoms with Gasteiger partial charge in [0.05, 0.1) is 7.11 Å². The van der Waals surface area contributed by atoms with Gasteiger partial charge in [-0.2, -0.15) is 4.98 Å². The van der Waals surface area contributed by atoms with Gasteiger partial charge in [-0.1, -0.05) is 28.9 Å². The Morgan fingerprint density at radius 2 is 1.66 bits per heavy atom. The molecule has 3 aromatic carbocycles. The van der Waals surface area contributed by atoms with Gasteiger partial charge in [-0.05, 0) is 60.2 Å². The molecule has 0 saturated heterocycles. The van der Waals surface area contributed by atoms with Crippen LogP contribution in [0.1, 0.15) is 5.56 Å². The molecular formula is C22H16ClFN2O3. The number of hydrogen-bond acceptors (Lipinski definition) is 5. The molecule has 4 rings (SSSR count). The minimum absolute atomic E-state index is 0.284. The number of benzene rings is 3. The van der Waals surface area contributed by atoms with Crippen LogP contribution in [0.15, 0.2) is 71.3 Å². The van der Waals surface area contributed by atoms with Crippen molar-refractivity contribution < 1.29 is 18.4 Å². The Balaban J connectivity index is 1.53. The van der Waals surface area contributed by atoms with Crippen LogP contribution in [0, 0.1) is 5.82 Å². The first-order valence-electron chi connectivity index (χ1n) is 8.77. The van der Waals surface area contributed by atoms with E-state index in [4.69, 9.17) is 25.6 Å². The van der Waals surface area contributed by atoms with Crippen LogP contribution in [0.25, 0.3) is 22.8 Å². The molecule has 0 unspecified atom stereocenters. The molecule has 0 atom stereocenters. The molecule has 146 valence electrons. The zero-order valence-electron chi connectivity index (χ0n) is 15.4. The molecule has 0 saturated carbocycles. The number of aromatic nitrogens is 2. The van der Waals surface area contributed by atoms with E-state index in [9.17, 15) is 4.39 Å². The van der Waals surface area contributed by atoms with Gasteiger partial charge >= 0.3 is 0 Å². The smallest absolute Gasteiger partial charge is 0.258 e. The van der Waals surface area contributed by atoms with Crippen LogP contribution in [-0.2, 0) is 6.61 Å². The summed E-state index contributed by atoms with van der Waals surface area (Å²) in [6.45, 7) is 0.291. The third-order valence-electron chi connectivity index (χ3n) is 4.25. The lowest BCUT2D eigenvalue weighted by molar-refractivity contribution is 0.284. The van der Waals surface area contributed by atoms with Gasteiger partial charge in [-0.15, -0.1) is 0 Å². The Bertz CT molecular complexity index is 1110. The number of rotatable bonds is 6. The van der Waals surface area contributed by atoms with Gasteiger partial charge in [0.15, 0.2) is 11.5 Å². The summed E-state index contributed by atoms with van der Waals surface area (Å²) in [7, 11) is 1.55. The number of methoxy groups -OCH3 is 1. The average molecular weight is 411 g/mol. The largest absolute Gasteiger partial charge is 0.493 e. The Morgan fingerprint density at radius 3 is 2.38 bits per heavy atom. The van der Waals surface area contributed by atoms with Gasteiger partial charge in [-0.3, -0.25) is 0 Å². The van der Waals surface area contributed by atoms with E-state index >= 15 is 0 Å². The van der Waals surface area contributed by atoms with E-state index in [0.29, 0.717) is 34.8 Å². The summed E-state index contributed by atoms with van der Waals surface area (Å²) in [5.74, 6) is 1.63. The molecule has 1 aromatic heterocycles. The van der Waals surface area contributed by atoms with Crippen molar-refractivity contribution in [2.75, 3.05) is 7.11 Å². The SMILES string of the molecule is COc1cc(-c2noc(-c3ccc(Cl)cc3)n2)ccc1OCc1ccc(F)cc1. The lowest BCUT2D eigenvalue weighted by Gasteiger charge is -2.11. The van der Waals surface area contributed by atoms with Gasteiger partial charge in [0.2, 0.25) is 5.82 Å². The maximum Gasteiger partial charge on any atom is 0.258 e. The number of hydrogen-bond donors (Lipinski definition) is 0. The molecule has 0 spiro atoms. The van der Waals surface area contributed by atoms with Crippen molar-refractivity contribution in [1.29, 1.82) is 0 Å². The molecule has 0 radical (unpaired) electrons. The molecule has 1 heterocycles. The van der Waals surface area contributed by atoms with E-state index < -0.39 is 0 Å². The fourth-order valence-corrected chi connectivity index (χ4v) is 2.84. The minimum Gasteiger partial charge on any atom is -0.493 e. The van der Waals surface area contributed by atoms with Crippen LogP contribution in [0.4, 0.5) is 4.39 Å². The number of nitrogens with zero attached hydrogens (tertiary/aromatic N) is 2. The molecule has 0 aliphatic carbocycles. The summed E-state index contributed by atoms with van der Waals surface area (Å²) in [6.07, 6.45) is 0. The molecule has 7 heteroatoms. The molecule has 5 nitrogen and oxygen atoms in total. The summed E-state index contributed by atoms with van der Waals surface area (Å²) in [4.78, 5) is 4.43. The molecule has 0 fully saturated rings. The maximum absolute atomic E-state index is 13.0. The third kappa shape index (κ3) is 4.38. The predicted octanol–water partition coefficient (Wildman–Crippen LogP) is 5.78. The van der Waals surface area contributed by atoms with Gasteiger partial charge in [-0.25, -0.2) is 4.39 Å². The zero-order chi connectivity index (χ0) is 20.2. The maximum atomic E-state index is 13.0. The molecular weight excluding hydrogens is 395 g/mol. The van der Waals surface area contributed by atoms with E-state index in [2.05, 4.69) is 10.1 Å². The second kappa shape index (κ2) is 8.32. The van der Waals surface area contributed by atoms with Crippen molar-refractivity contribution >= 4 is 11.6 Å². The summed E-state index contributed by atoms with van der Waals surface area (Å²) in [6, 6.07) is 18.7. The van der Waals surface area contributed by atoms with E-state index in [1.165, 1.54) is 12.1 Å². The van der Waals surface area contributed by atoms with Crippen LogP contribution in [0.3, 0.4) is 0 Å². The lowest BCUT2D eigenvalue weighted by atomic mass is 10.2. The Kier molecular flexibility index (Phi) is 5.44. The van der Waals surface area contributed by atoms with Crippen molar-refractivity contribution in [3.63, 3.8) is 0 Å². The van der Waals surface area contributed by atoms with Crippen LogP contribution >= 0.6 is 11.6 Å². The summed E-state index contributed by atoms with van der Waals surface area (Å²) < 4.78 is 29.6. The molecule has 0 amide bonds. The van der Waals surface area contributed by atoms with Gasteiger partial charge < -0.3 is 14.0 Å². The number of ether oxygens (including phenoxy) is 2. The highest BCUT2D eigenvalue weighted by Gasteiger charge is 2.14. The highest BCUT2D eigenvalue weighted by Crippen LogP contribution is 2.33. The Morgan fingerprint density at radius 1 is 0.931 bits per heavy atom. The van der Waals surface area contributed by atoms with E-state index in [0.717, 1.165) is 16.7 Å². The van der Waals surface area contributed by atoms with Crippen molar-refractivity contribution in [2.24, 2.45) is 0 Å². The van der Waals surface area contributed by atoms with Crippen molar-refractivity contribution in [3.8, 4) is 34.3 Å².